The van der Waals surface area contributed by atoms with Crippen molar-refractivity contribution in [2.45, 2.75) is 6.92 Å². The van der Waals surface area contributed by atoms with Gasteiger partial charge in [-0.05, 0) is 42.8 Å². The molecule has 1 N–H and O–H groups in total. The number of carbonyl (C=O) groups is 1. The van der Waals surface area contributed by atoms with Gasteiger partial charge in [0.15, 0.2) is 18.1 Å². The summed E-state index contributed by atoms with van der Waals surface area (Å²) in [6.07, 6.45) is 4.81. The van der Waals surface area contributed by atoms with Crippen LogP contribution in [0.25, 0.3) is 0 Å². The van der Waals surface area contributed by atoms with E-state index >= 15 is 0 Å². The Hall–Kier alpha value is -3.54. The minimum absolute atomic E-state index is 0.123. The van der Waals surface area contributed by atoms with Crippen LogP contribution in [0.3, 0.4) is 0 Å². The van der Waals surface area contributed by atoms with E-state index < -0.39 is 0 Å². The fourth-order valence-electron chi connectivity index (χ4n) is 2.13. The molecule has 0 aliphatic carbocycles. The first kappa shape index (κ1) is 20.8. The normalized spacial score (nSPS) is 10.3. The molecule has 0 heterocycles. The van der Waals surface area contributed by atoms with Crippen molar-refractivity contribution in [3.63, 3.8) is 0 Å². The van der Waals surface area contributed by atoms with Crippen molar-refractivity contribution >= 4 is 12.1 Å². The first-order chi connectivity index (χ1) is 13.6. The number of nitrogens with zero attached hydrogens (tertiary/aromatic N) is 1. The standard InChI is InChI=1S/C22H24N2O4/c1-4-12-26-20-11-8-18(14-21(20)27-13-5-2)15-23-24-22(25)16-28-19-9-6-17(3)7-10-19/h4-11,14-15H,1-2,12-13,16H2,3H3,(H,24,25)/b23-15+. The van der Waals surface area contributed by atoms with E-state index in [1.807, 2.05) is 31.2 Å². The summed E-state index contributed by atoms with van der Waals surface area (Å²) in [6, 6.07) is 12.8. The van der Waals surface area contributed by atoms with Crippen molar-refractivity contribution in [3.05, 3.63) is 78.9 Å². The molecule has 2 aromatic rings. The number of ether oxygens (including phenoxy) is 3. The summed E-state index contributed by atoms with van der Waals surface area (Å²) in [7, 11) is 0. The molecule has 1 amide bonds. The van der Waals surface area contributed by atoms with Crippen molar-refractivity contribution in [1.29, 1.82) is 0 Å². The molecule has 2 rings (SSSR count). The summed E-state index contributed by atoms with van der Waals surface area (Å²) < 4.78 is 16.6. The number of carbonyl (C=O) groups excluding carboxylic acids is 1. The maximum absolute atomic E-state index is 11.8. The van der Waals surface area contributed by atoms with Gasteiger partial charge in [0.2, 0.25) is 0 Å². The summed E-state index contributed by atoms with van der Waals surface area (Å²) in [6.45, 7) is 9.84. The topological polar surface area (TPSA) is 69.2 Å². The Morgan fingerprint density at radius 2 is 1.68 bits per heavy atom. The number of benzene rings is 2. The van der Waals surface area contributed by atoms with Crippen LogP contribution in [0.2, 0.25) is 0 Å². The summed E-state index contributed by atoms with van der Waals surface area (Å²) in [4.78, 5) is 11.8. The summed E-state index contributed by atoms with van der Waals surface area (Å²) in [5.41, 5.74) is 4.29. The molecule has 28 heavy (non-hydrogen) atoms. The smallest absolute Gasteiger partial charge is 0.277 e. The molecule has 0 radical (unpaired) electrons. The van der Waals surface area contributed by atoms with Crippen molar-refractivity contribution in [3.8, 4) is 17.2 Å². The number of rotatable bonds is 11. The molecule has 6 nitrogen and oxygen atoms in total. The van der Waals surface area contributed by atoms with Gasteiger partial charge in [0.1, 0.15) is 19.0 Å². The van der Waals surface area contributed by atoms with Crippen LogP contribution >= 0.6 is 0 Å². The molecule has 146 valence electrons. The zero-order valence-corrected chi connectivity index (χ0v) is 15.9. The zero-order valence-electron chi connectivity index (χ0n) is 15.9. The van der Waals surface area contributed by atoms with Crippen LogP contribution in [-0.4, -0.2) is 31.9 Å². The Bertz CT molecular complexity index is 829. The second kappa shape index (κ2) is 11.2. The van der Waals surface area contributed by atoms with Crippen LogP contribution in [0.5, 0.6) is 17.2 Å². The monoisotopic (exact) mass is 380 g/mol. The maximum atomic E-state index is 11.8. The fourth-order valence-corrected chi connectivity index (χ4v) is 2.13. The lowest BCUT2D eigenvalue weighted by Gasteiger charge is -2.11. The van der Waals surface area contributed by atoms with Crippen LogP contribution in [0.4, 0.5) is 0 Å². The molecule has 0 atom stereocenters. The molecule has 0 aromatic heterocycles. The second-order valence-electron chi connectivity index (χ2n) is 5.80. The third-order valence-corrected chi connectivity index (χ3v) is 3.47. The number of nitrogens with one attached hydrogen (secondary N) is 1. The third kappa shape index (κ3) is 6.99. The number of hydrogen-bond acceptors (Lipinski definition) is 5. The Balaban J connectivity index is 1.90. The average molecular weight is 380 g/mol. The molecular formula is C22H24N2O4. The van der Waals surface area contributed by atoms with Gasteiger partial charge in [-0.25, -0.2) is 5.43 Å². The van der Waals surface area contributed by atoms with E-state index in [1.165, 1.54) is 6.21 Å². The Labute approximate surface area is 165 Å². The summed E-state index contributed by atoms with van der Waals surface area (Å²) >= 11 is 0. The van der Waals surface area contributed by atoms with Crippen molar-refractivity contribution < 1.29 is 19.0 Å². The van der Waals surface area contributed by atoms with Crippen LogP contribution in [-0.2, 0) is 4.79 Å². The molecule has 0 aliphatic heterocycles. The predicted molar refractivity (Wildman–Crippen MR) is 110 cm³/mol. The molecule has 0 unspecified atom stereocenters. The molecule has 0 fully saturated rings. The van der Waals surface area contributed by atoms with Gasteiger partial charge in [-0.3, -0.25) is 4.79 Å². The van der Waals surface area contributed by atoms with Gasteiger partial charge in [-0.15, -0.1) is 0 Å². The van der Waals surface area contributed by atoms with E-state index in [2.05, 4.69) is 23.7 Å². The largest absolute Gasteiger partial charge is 0.486 e. The van der Waals surface area contributed by atoms with Gasteiger partial charge < -0.3 is 14.2 Å². The number of hydrogen-bond donors (Lipinski definition) is 1. The summed E-state index contributed by atoms with van der Waals surface area (Å²) in [5, 5.41) is 3.94. The summed E-state index contributed by atoms with van der Waals surface area (Å²) in [5.74, 6) is 1.42. The molecule has 2 aromatic carbocycles. The molecule has 0 saturated carbocycles. The average Bonchev–Trinajstić information content (AvgIpc) is 2.71. The Morgan fingerprint density at radius 3 is 2.36 bits per heavy atom. The fraction of sp³-hybridized carbons (Fsp3) is 0.182. The minimum Gasteiger partial charge on any atom is -0.486 e. The highest BCUT2D eigenvalue weighted by Gasteiger charge is 2.06. The van der Waals surface area contributed by atoms with E-state index in [0.717, 1.165) is 11.1 Å². The Kier molecular flexibility index (Phi) is 8.33. The highest BCUT2D eigenvalue weighted by atomic mass is 16.5. The molecule has 0 spiro atoms. The number of aryl methyl sites for hydroxylation is 1. The highest BCUT2D eigenvalue weighted by molar-refractivity contribution is 5.83. The van der Waals surface area contributed by atoms with Gasteiger partial charge in [0, 0.05) is 0 Å². The first-order valence-corrected chi connectivity index (χ1v) is 8.75. The molecular weight excluding hydrogens is 356 g/mol. The molecule has 0 saturated heterocycles. The van der Waals surface area contributed by atoms with E-state index in [1.54, 1.807) is 30.4 Å². The quantitative estimate of drug-likeness (QED) is 0.367. The van der Waals surface area contributed by atoms with Gasteiger partial charge in [0.25, 0.3) is 5.91 Å². The highest BCUT2D eigenvalue weighted by Crippen LogP contribution is 2.28. The van der Waals surface area contributed by atoms with Crippen LogP contribution in [0, 0.1) is 6.92 Å². The number of hydrazone groups is 1. The Morgan fingerprint density at radius 1 is 1.00 bits per heavy atom. The van der Waals surface area contributed by atoms with Gasteiger partial charge in [-0.1, -0.05) is 43.0 Å². The van der Waals surface area contributed by atoms with E-state index in [9.17, 15) is 4.79 Å². The SMILES string of the molecule is C=CCOc1ccc(/C=N/NC(=O)COc2ccc(C)cc2)cc1OCC=C. The van der Waals surface area contributed by atoms with Crippen LogP contribution < -0.4 is 19.6 Å². The van der Waals surface area contributed by atoms with Crippen molar-refractivity contribution in [1.82, 2.24) is 5.43 Å². The van der Waals surface area contributed by atoms with Crippen LogP contribution in [0.1, 0.15) is 11.1 Å². The van der Waals surface area contributed by atoms with E-state index in [-0.39, 0.29) is 12.5 Å². The van der Waals surface area contributed by atoms with Crippen LogP contribution in [0.15, 0.2) is 72.9 Å². The lowest BCUT2D eigenvalue weighted by Crippen LogP contribution is -2.24. The second-order valence-corrected chi connectivity index (χ2v) is 5.80. The minimum atomic E-state index is -0.356. The zero-order chi connectivity index (χ0) is 20.2. The predicted octanol–water partition coefficient (Wildman–Crippen LogP) is 3.65. The van der Waals surface area contributed by atoms with E-state index in [0.29, 0.717) is 30.5 Å². The molecule has 6 heteroatoms. The van der Waals surface area contributed by atoms with Crippen molar-refractivity contribution in [2.24, 2.45) is 5.10 Å². The van der Waals surface area contributed by atoms with Gasteiger partial charge in [0.05, 0.1) is 6.21 Å². The maximum Gasteiger partial charge on any atom is 0.277 e. The first-order valence-electron chi connectivity index (χ1n) is 8.75. The molecule has 0 bridgehead atoms. The molecule has 0 aliphatic rings. The number of amides is 1. The third-order valence-electron chi connectivity index (χ3n) is 3.47. The van der Waals surface area contributed by atoms with E-state index in [4.69, 9.17) is 14.2 Å². The van der Waals surface area contributed by atoms with Gasteiger partial charge in [-0.2, -0.15) is 5.10 Å². The van der Waals surface area contributed by atoms with Crippen molar-refractivity contribution in [2.75, 3.05) is 19.8 Å². The van der Waals surface area contributed by atoms with Gasteiger partial charge >= 0.3 is 0 Å². The lowest BCUT2D eigenvalue weighted by molar-refractivity contribution is -0.123. The lowest BCUT2D eigenvalue weighted by atomic mass is 10.2.